The predicted octanol–water partition coefficient (Wildman–Crippen LogP) is 3.52. The fourth-order valence-corrected chi connectivity index (χ4v) is 3.51. The van der Waals surface area contributed by atoms with E-state index in [4.69, 9.17) is 0 Å². The molecule has 1 heterocycles. The van der Waals surface area contributed by atoms with Crippen LogP contribution >= 0.6 is 0 Å². The summed E-state index contributed by atoms with van der Waals surface area (Å²) in [6, 6.07) is 8.19. The Bertz CT molecular complexity index is 425. The number of carbonyl (C=O) groups excluding carboxylic acids is 1. The van der Waals surface area contributed by atoms with Crippen molar-refractivity contribution in [2.75, 3.05) is 18.0 Å². The van der Waals surface area contributed by atoms with Crippen molar-refractivity contribution < 1.29 is 4.79 Å². The molecule has 1 aliphatic heterocycles. The first kappa shape index (κ1) is 11.8. The SMILES string of the molecule is CCC(=O)c1ccc(N2CC3CCCC3C2)cc1. The highest BCUT2D eigenvalue weighted by Crippen LogP contribution is 2.39. The van der Waals surface area contributed by atoms with Crippen molar-refractivity contribution in [2.45, 2.75) is 32.6 Å². The first-order valence-corrected chi connectivity index (χ1v) is 7.16. The van der Waals surface area contributed by atoms with Crippen LogP contribution < -0.4 is 4.90 Å². The first-order valence-electron chi connectivity index (χ1n) is 7.16. The molecule has 2 nitrogen and oxygen atoms in total. The molecular formula is C16H21NO. The molecule has 96 valence electrons. The number of hydrogen-bond acceptors (Lipinski definition) is 2. The van der Waals surface area contributed by atoms with Gasteiger partial charge in [0.1, 0.15) is 0 Å². The molecule has 0 N–H and O–H groups in total. The lowest BCUT2D eigenvalue weighted by Crippen LogP contribution is -2.20. The van der Waals surface area contributed by atoms with Gasteiger partial charge in [-0.2, -0.15) is 0 Å². The Morgan fingerprint density at radius 3 is 2.33 bits per heavy atom. The number of anilines is 1. The molecule has 2 atom stereocenters. The molecule has 0 amide bonds. The smallest absolute Gasteiger partial charge is 0.162 e. The zero-order valence-corrected chi connectivity index (χ0v) is 11.1. The minimum Gasteiger partial charge on any atom is -0.371 e. The van der Waals surface area contributed by atoms with Gasteiger partial charge in [-0.15, -0.1) is 0 Å². The summed E-state index contributed by atoms with van der Waals surface area (Å²) in [4.78, 5) is 14.1. The molecule has 18 heavy (non-hydrogen) atoms. The molecule has 1 saturated carbocycles. The number of fused-ring (bicyclic) bond motifs is 1. The van der Waals surface area contributed by atoms with Crippen LogP contribution in [0.15, 0.2) is 24.3 Å². The minimum atomic E-state index is 0.236. The first-order chi connectivity index (χ1) is 8.78. The topological polar surface area (TPSA) is 20.3 Å². The van der Waals surface area contributed by atoms with E-state index >= 15 is 0 Å². The van der Waals surface area contributed by atoms with Gasteiger partial charge in [0.25, 0.3) is 0 Å². The van der Waals surface area contributed by atoms with Crippen molar-refractivity contribution in [2.24, 2.45) is 11.8 Å². The monoisotopic (exact) mass is 243 g/mol. The summed E-state index contributed by atoms with van der Waals surface area (Å²) in [5.74, 6) is 2.07. The Labute approximate surface area is 109 Å². The molecule has 2 unspecified atom stereocenters. The van der Waals surface area contributed by atoms with E-state index in [0.717, 1.165) is 17.4 Å². The molecule has 0 bridgehead atoms. The maximum absolute atomic E-state index is 11.6. The second-order valence-corrected chi connectivity index (χ2v) is 5.68. The lowest BCUT2D eigenvalue weighted by Gasteiger charge is -2.19. The normalized spacial score (nSPS) is 26.4. The third kappa shape index (κ3) is 2.05. The molecule has 2 aliphatic rings. The Kier molecular flexibility index (Phi) is 3.11. The Morgan fingerprint density at radius 1 is 1.17 bits per heavy atom. The second-order valence-electron chi connectivity index (χ2n) is 5.68. The largest absolute Gasteiger partial charge is 0.371 e. The van der Waals surface area contributed by atoms with Crippen LogP contribution in [0.5, 0.6) is 0 Å². The maximum atomic E-state index is 11.6. The third-order valence-corrected chi connectivity index (χ3v) is 4.60. The summed E-state index contributed by atoms with van der Waals surface area (Å²) in [5.41, 5.74) is 2.14. The Morgan fingerprint density at radius 2 is 1.78 bits per heavy atom. The van der Waals surface area contributed by atoms with Gasteiger partial charge in [0.2, 0.25) is 0 Å². The summed E-state index contributed by atoms with van der Waals surface area (Å²) < 4.78 is 0. The van der Waals surface area contributed by atoms with Crippen LogP contribution in [0.1, 0.15) is 43.0 Å². The highest BCUT2D eigenvalue weighted by atomic mass is 16.1. The average molecular weight is 243 g/mol. The molecule has 1 aromatic rings. The number of Topliss-reactive ketones (excluding diaryl/α,β-unsaturated/α-hetero) is 1. The Balaban J connectivity index is 1.72. The lowest BCUT2D eigenvalue weighted by molar-refractivity contribution is 0.0988. The van der Waals surface area contributed by atoms with Crippen molar-refractivity contribution in [1.29, 1.82) is 0 Å². The molecule has 0 aromatic heterocycles. The van der Waals surface area contributed by atoms with Crippen LogP contribution in [0.2, 0.25) is 0 Å². The molecular weight excluding hydrogens is 222 g/mol. The zero-order valence-electron chi connectivity index (χ0n) is 11.1. The number of benzene rings is 1. The van der Waals surface area contributed by atoms with Gasteiger partial charge in [0.05, 0.1) is 0 Å². The molecule has 2 fully saturated rings. The molecule has 1 saturated heterocycles. The quantitative estimate of drug-likeness (QED) is 0.757. The highest BCUT2D eigenvalue weighted by Gasteiger charge is 2.35. The summed E-state index contributed by atoms with van der Waals surface area (Å²) in [6.07, 6.45) is 4.83. The van der Waals surface area contributed by atoms with E-state index in [9.17, 15) is 4.79 Å². The van der Waals surface area contributed by atoms with Crippen LogP contribution in [0.25, 0.3) is 0 Å². The molecule has 3 rings (SSSR count). The van der Waals surface area contributed by atoms with Crippen LogP contribution in [-0.2, 0) is 0 Å². The van der Waals surface area contributed by atoms with Crippen molar-refractivity contribution in [3.8, 4) is 0 Å². The van der Waals surface area contributed by atoms with Gasteiger partial charge in [-0.3, -0.25) is 4.79 Å². The standard InChI is InChI=1S/C16H21NO/c1-2-16(18)12-6-8-15(9-7-12)17-10-13-4-3-5-14(13)11-17/h6-9,13-14H,2-5,10-11H2,1H3. The van der Waals surface area contributed by atoms with Gasteiger partial charge >= 0.3 is 0 Å². The van der Waals surface area contributed by atoms with Gasteiger partial charge in [-0.05, 0) is 48.9 Å². The summed E-state index contributed by atoms with van der Waals surface area (Å²) in [5, 5.41) is 0. The highest BCUT2D eigenvalue weighted by molar-refractivity contribution is 5.96. The summed E-state index contributed by atoms with van der Waals surface area (Å²) in [6.45, 7) is 4.34. The fraction of sp³-hybridized carbons (Fsp3) is 0.562. The third-order valence-electron chi connectivity index (χ3n) is 4.60. The van der Waals surface area contributed by atoms with Crippen molar-refractivity contribution in [3.05, 3.63) is 29.8 Å². The number of hydrogen-bond donors (Lipinski definition) is 0. The van der Waals surface area contributed by atoms with Crippen molar-refractivity contribution in [3.63, 3.8) is 0 Å². The van der Waals surface area contributed by atoms with E-state index in [1.807, 2.05) is 19.1 Å². The minimum absolute atomic E-state index is 0.236. The molecule has 2 heteroatoms. The van der Waals surface area contributed by atoms with Gasteiger partial charge in [-0.25, -0.2) is 0 Å². The average Bonchev–Trinajstić information content (AvgIpc) is 2.99. The van der Waals surface area contributed by atoms with E-state index < -0.39 is 0 Å². The van der Waals surface area contributed by atoms with Crippen LogP contribution in [0, 0.1) is 11.8 Å². The number of ketones is 1. The van der Waals surface area contributed by atoms with E-state index in [-0.39, 0.29) is 5.78 Å². The second kappa shape index (κ2) is 4.75. The molecule has 0 radical (unpaired) electrons. The zero-order chi connectivity index (χ0) is 12.5. The van der Waals surface area contributed by atoms with Gasteiger partial charge in [-0.1, -0.05) is 13.3 Å². The van der Waals surface area contributed by atoms with Crippen LogP contribution in [-0.4, -0.2) is 18.9 Å². The van der Waals surface area contributed by atoms with Crippen LogP contribution in [0.4, 0.5) is 5.69 Å². The fourth-order valence-electron chi connectivity index (χ4n) is 3.51. The van der Waals surface area contributed by atoms with Gasteiger partial charge in [0, 0.05) is 30.8 Å². The van der Waals surface area contributed by atoms with Crippen LogP contribution in [0.3, 0.4) is 0 Å². The number of rotatable bonds is 3. The van der Waals surface area contributed by atoms with Gasteiger partial charge in [0.15, 0.2) is 5.78 Å². The molecule has 0 spiro atoms. The lowest BCUT2D eigenvalue weighted by atomic mass is 10.0. The summed E-state index contributed by atoms with van der Waals surface area (Å²) >= 11 is 0. The van der Waals surface area contributed by atoms with E-state index in [1.54, 1.807) is 0 Å². The van der Waals surface area contributed by atoms with E-state index in [0.29, 0.717) is 6.42 Å². The predicted molar refractivity (Wildman–Crippen MR) is 74.1 cm³/mol. The Hall–Kier alpha value is -1.31. The number of nitrogens with zero attached hydrogens (tertiary/aromatic N) is 1. The van der Waals surface area contributed by atoms with E-state index in [2.05, 4.69) is 17.0 Å². The summed E-state index contributed by atoms with van der Waals surface area (Å²) in [7, 11) is 0. The van der Waals surface area contributed by atoms with Crippen molar-refractivity contribution in [1.82, 2.24) is 0 Å². The molecule has 1 aliphatic carbocycles. The van der Waals surface area contributed by atoms with E-state index in [1.165, 1.54) is 38.0 Å². The molecule has 1 aromatic carbocycles. The van der Waals surface area contributed by atoms with Crippen molar-refractivity contribution >= 4 is 11.5 Å². The maximum Gasteiger partial charge on any atom is 0.162 e. The number of carbonyl (C=O) groups is 1. The van der Waals surface area contributed by atoms with Gasteiger partial charge < -0.3 is 4.90 Å².